The van der Waals surface area contributed by atoms with E-state index in [2.05, 4.69) is 0 Å². The number of hydrogen-bond donors (Lipinski definition) is 2. The maximum absolute atomic E-state index is 13.4. The van der Waals surface area contributed by atoms with Crippen molar-refractivity contribution in [2.75, 3.05) is 10.5 Å². The molecule has 0 aliphatic heterocycles. The number of rotatable bonds is 3. The van der Waals surface area contributed by atoms with Crippen LogP contribution in [0.3, 0.4) is 0 Å². The van der Waals surface area contributed by atoms with Crippen LogP contribution in [0.5, 0.6) is 0 Å². The molecule has 0 bridgehead atoms. The van der Waals surface area contributed by atoms with E-state index in [0.29, 0.717) is 12.1 Å². The van der Waals surface area contributed by atoms with Crippen molar-refractivity contribution in [2.45, 2.75) is 4.90 Å². The number of anilines is 2. The highest BCUT2D eigenvalue weighted by molar-refractivity contribution is 7.92. The lowest BCUT2D eigenvalue weighted by Crippen LogP contribution is -2.15. The summed E-state index contributed by atoms with van der Waals surface area (Å²) in [6.45, 7) is 0. The molecule has 0 heterocycles. The van der Waals surface area contributed by atoms with E-state index in [4.69, 9.17) is 5.73 Å². The topological polar surface area (TPSA) is 72.2 Å². The molecule has 0 fully saturated rings. The highest BCUT2D eigenvalue weighted by Gasteiger charge is 2.19. The van der Waals surface area contributed by atoms with Crippen molar-refractivity contribution in [3.63, 3.8) is 0 Å². The average molecular weight is 302 g/mol. The van der Waals surface area contributed by atoms with Gasteiger partial charge in [0.05, 0.1) is 10.6 Å². The van der Waals surface area contributed by atoms with Crippen LogP contribution in [-0.4, -0.2) is 8.42 Å². The van der Waals surface area contributed by atoms with Gasteiger partial charge >= 0.3 is 0 Å². The van der Waals surface area contributed by atoms with Gasteiger partial charge in [-0.15, -0.1) is 0 Å². The van der Waals surface area contributed by atoms with Gasteiger partial charge in [-0.1, -0.05) is 6.07 Å². The molecule has 0 aliphatic carbocycles. The van der Waals surface area contributed by atoms with E-state index in [1.165, 1.54) is 18.2 Å². The maximum atomic E-state index is 13.4. The van der Waals surface area contributed by atoms with Crippen LogP contribution < -0.4 is 10.5 Å². The van der Waals surface area contributed by atoms with Gasteiger partial charge in [0.2, 0.25) is 0 Å². The molecule has 8 heteroatoms. The third-order valence-electron chi connectivity index (χ3n) is 2.41. The van der Waals surface area contributed by atoms with Crippen LogP contribution in [0.25, 0.3) is 0 Å². The number of nitrogens with one attached hydrogen (secondary N) is 1. The van der Waals surface area contributed by atoms with Gasteiger partial charge < -0.3 is 5.73 Å². The first-order valence-corrected chi connectivity index (χ1v) is 6.81. The van der Waals surface area contributed by atoms with Crippen LogP contribution in [0.2, 0.25) is 0 Å². The SMILES string of the molecule is Nc1cccc(S(=O)(=O)Nc2cc(F)cc(F)c2F)c1. The first-order valence-electron chi connectivity index (χ1n) is 5.32. The largest absolute Gasteiger partial charge is 0.399 e. The lowest BCUT2D eigenvalue weighted by atomic mass is 10.3. The maximum Gasteiger partial charge on any atom is 0.262 e. The number of hydrogen-bond acceptors (Lipinski definition) is 3. The summed E-state index contributed by atoms with van der Waals surface area (Å²) in [6.07, 6.45) is 0. The zero-order valence-electron chi connectivity index (χ0n) is 9.90. The zero-order valence-corrected chi connectivity index (χ0v) is 10.7. The Kier molecular flexibility index (Phi) is 3.58. The number of halogens is 3. The molecular weight excluding hydrogens is 293 g/mol. The van der Waals surface area contributed by atoms with E-state index >= 15 is 0 Å². The summed E-state index contributed by atoms with van der Waals surface area (Å²) in [5, 5.41) is 0. The van der Waals surface area contributed by atoms with E-state index in [1.54, 1.807) is 4.72 Å². The molecule has 0 atom stereocenters. The lowest BCUT2D eigenvalue weighted by Gasteiger charge is -2.10. The second kappa shape index (κ2) is 5.04. The molecule has 106 valence electrons. The van der Waals surface area contributed by atoms with E-state index in [9.17, 15) is 21.6 Å². The van der Waals surface area contributed by atoms with Crippen LogP contribution in [0, 0.1) is 17.5 Å². The molecule has 0 saturated carbocycles. The Morgan fingerprint density at radius 1 is 1.05 bits per heavy atom. The predicted molar refractivity (Wildman–Crippen MR) is 68.0 cm³/mol. The molecule has 0 saturated heterocycles. The summed E-state index contributed by atoms with van der Waals surface area (Å²) < 4.78 is 65.1. The Morgan fingerprint density at radius 2 is 1.75 bits per heavy atom. The summed E-state index contributed by atoms with van der Waals surface area (Å²) in [5.74, 6) is -4.08. The Bertz CT molecular complexity index is 763. The minimum atomic E-state index is -4.20. The molecule has 0 amide bonds. The van der Waals surface area contributed by atoms with E-state index in [1.807, 2.05) is 0 Å². The summed E-state index contributed by atoms with van der Waals surface area (Å²) in [5.41, 5.74) is 4.81. The highest BCUT2D eigenvalue weighted by atomic mass is 32.2. The van der Waals surface area contributed by atoms with E-state index in [0.717, 1.165) is 6.07 Å². The van der Waals surface area contributed by atoms with E-state index < -0.39 is 33.2 Å². The summed E-state index contributed by atoms with van der Waals surface area (Å²) in [6, 6.07) is 6.05. The normalized spacial score (nSPS) is 11.3. The Balaban J connectivity index is 2.44. The van der Waals surface area contributed by atoms with Gasteiger partial charge in [-0.2, -0.15) is 0 Å². The minimum absolute atomic E-state index is 0.179. The van der Waals surface area contributed by atoms with Gasteiger partial charge in [-0.05, 0) is 18.2 Å². The lowest BCUT2D eigenvalue weighted by molar-refractivity contribution is 0.498. The molecule has 0 aromatic heterocycles. The molecule has 20 heavy (non-hydrogen) atoms. The highest BCUT2D eigenvalue weighted by Crippen LogP contribution is 2.23. The van der Waals surface area contributed by atoms with Crippen molar-refractivity contribution >= 4 is 21.4 Å². The van der Waals surface area contributed by atoms with Crippen molar-refractivity contribution in [1.29, 1.82) is 0 Å². The number of nitrogens with two attached hydrogens (primary N) is 1. The first-order chi connectivity index (χ1) is 9.29. The van der Waals surface area contributed by atoms with E-state index in [-0.39, 0.29) is 10.6 Å². The molecule has 2 aromatic rings. The Morgan fingerprint density at radius 3 is 2.40 bits per heavy atom. The molecule has 0 spiro atoms. The van der Waals surface area contributed by atoms with Gasteiger partial charge in [-0.25, -0.2) is 21.6 Å². The van der Waals surface area contributed by atoms with Gasteiger partial charge in [0, 0.05) is 17.8 Å². The smallest absolute Gasteiger partial charge is 0.262 e. The van der Waals surface area contributed by atoms with Gasteiger partial charge in [0.1, 0.15) is 5.82 Å². The molecule has 4 nitrogen and oxygen atoms in total. The molecule has 2 aromatic carbocycles. The molecule has 0 aliphatic rings. The molecular formula is C12H9F3N2O2S. The second-order valence-electron chi connectivity index (χ2n) is 3.93. The van der Waals surface area contributed by atoms with Crippen molar-refractivity contribution in [1.82, 2.24) is 0 Å². The molecule has 0 radical (unpaired) electrons. The number of benzene rings is 2. The van der Waals surface area contributed by atoms with Gasteiger partial charge in [-0.3, -0.25) is 4.72 Å². The third kappa shape index (κ3) is 2.85. The monoisotopic (exact) mass is 302 g/mol. The predicted octanol–water partition coefficient (Wildman–Crippen LogP) is 2.49. The fourth-order valence-electron chi connectivity index (χ4n) is 1.52. The van der Waals surface area contributed by atoms with Crippen molar-refractivity contribution in [3.05, 3.63) is 53.8 Å². The molecule has 0 unspecified atom stereocenters. The van der Waals surface area contributed by atoms with Crippen LogP contribution in [0.4, 0.5) is 24.5 Å². The van der Waals surface area contributed by atoms with Gasteiger partial charge in [0.25, 0.3) is 10.0 Å². The number of sulfonamides is 1. The molecule has 3 N–H and O–H groups in total. The quantitative estimate of drug-likeness (QED) is 0.676. The van der Waals surface area contributed by atoms with Crippen LogP contribution in [0.15, 0.2) is 41.3 Å². The zero-order chi connectivity index (χ0) is 14.9. The summed E-state index contributed by atoms with van der Waals surface area (Å²) in [7, 11) is -4.20. The fourth-order valence-corrected chi connectivity index (χ4v) is 2.62. The summed E-state index contributed by atoms with van der Waals surface area (Å²) in [4.78, 5) is -0.249. The third-order valence-corrected chi connectivity index (χ3v) is 3.77. The first kappa shape index (κ1) is 14.2. The number of nitrogen functional groups attached to an aromatic ring is 1. The van der Waals surface area contributed by atoms with Crippen molar-refractivity contribution < 1.29 is 21.6 Å². The Labute approximate surface area is 113 Å². The second-order valence-corrected chi connectivity index (χ2v) is 5.61. The van der Waals surface area contributed by atoms with Crippen molar-refractivity contribution in [3.8, 4) is 0 Å². The fraction of sp³-hybridized carbons (Fsp3) is 0. The minimum Gasteiger partial charge on any atom is -0.399 e. The Hall–Kier alpha value is -2.22. The van der Waals surface area contributed by atoms with Crippen molar-refractivity contribution in [2.24, 2.45) is 0 Å². The van der Waals surface area contributed by atoms with Crippen LogP contribution >= 0.6 is 0 Å². The molecule has 2 rings (SSSR count). The average Bonchev–Trinajstić information content (AvgIpc) is 2.35. The summed E-state index contributed by atoms with van der Waals surface area (Å²) >= 11 is 0. The van der Waals surface area contributed by atoms with Gasteiger partial charge in [0.15, 0.2) is 11.6 Å². The van der Waals surface area contributed by atoms with Crippen LogP contribution in [-0.2, 0) is 10.0 Å². The standard InChI is InChI=1S/C12H9F3N2O2S/c13-7-4-10(14)12(15)11(5-7)17-20(18,19)9-3-1-2-8(16)6-9/h1-6,17H,16H2. The van der Waals surface area contributed by atoms with Crippen LogP contribution in [0.1, 0.15) is 0 Å².